The van der Waals surface area contributed by atoms with E-state index in [0.29, 0.717) is 17.5 Å². The third-order valence-electron chi connectivity index (χ3n) is 4.76. The maximum Gasteiger partial charge on any atom is 0.159 e. The van der Waals surface area contributed by atoms with E-state index in [1.807, 2.05) is 25.1 Å². The highest BCUT2D eigenvalue weighted by Gasteiger charge is 2.27. The standard InChI is InChI=1S/C21H14F4/c1-2-11-3-5-14-13(7-11)8-16-15(14)10-19(24)20(21(16)25)12-4-6-17(22)18(23)9-12/h3-7,9-10H,2,8H2,1H3. The quantitative estimate of drug-likeness (QED) is 0.389. The summed E-state index contributed by atoms with van der Waals surface area (Å²) in [5, 5.41) is 0. The summed E-state index contributed by atoms with van der Waals surface area (Å²) in [6.07, 6.45) is 1.22. The first-order valence-electron chi connectivity index (χ1n) is 8.08. The molecule has 3 aromatic carbocycles. The molecule has 126 valence electrons. The maximum absolute atomic E-state index is 15.0. The Hall–Kier alpha value is -2.62. The van der Waals surface area contributed by atoms with Gasteiger partial charge in [0.15, 0.2) is 11.6 Å². The Labute approximate surface area is 142 Å². The molecule has 0 spiro atoms. The van der Waals surface area contributed by atoms with Crippen molar-refractivity contribution in [3.63, 3.8) is 0 Å². The SMILES string of the molecule is CCc1ccc2c(c1)Cc1c-2cc(F)c(-c2ccc(F)c(F)c2)c1F. The van der Waals surface area contributed by atoms with E-state index < -0.39 is 23.3 Å². The minimum atomic E-state index is -1.13. The third-order valence-corrected chi connectivity index (χ3v) is 4.76. The van der Waals surface area contributed by atoms with Crippen molar-refractivity contribution in [2.24, 2.45) is 0 Å². The number of hydrogen-bond donors (Lipinski definition) is 0. The van der Waals surface area contributed by atoms with Gasteiger partial charge in [0.25, 0.3) is 0 Å². The molecule has 0 bridgehead atoms. The summed E-state index contributed by atoms with van der Waals surface area (Å²) in [5.41, 5.74) is 3.50. The fourth-order valence-corrected chi connectivity index (χ4v) is 3.46. The first-order valence-corrected chi connectivity index (χ1v) is 8.08. The van der Waals surface area contributed by atoms with Crippen LogP contribution in [0.1, 0.15) is 23.6 Å². The van der Waals surface area contributed by atoms with Gasteiger partial charge in [-0.15, -0.1) is 0 Å². The van der Waals surface area contributed by atoms with Crippen molar-refractivity contribution in [3.05, 3.63) is 82.4 Å². The molecule has 0 N–H and O–H groups in total. The highest BCUT2D eigenvalue weighted by molar-refractivity contribution is 5.81. The predicted octanol–water partition coefficient (Wildman–Crippen LogP) is 6.04. The fraction of sp³-hybridized carbons (Fsp3) is 0.143. The third kappa shape index (κ3) is 2.44. The van der Waals surface area contributed by atoms with E-state index >= 15 is 4.39 Å². The van der Waals surface area contributed by atoms with E-state index in [0.717, 1.165) is 35.2 Å². The zero-order chi connectivity index (χ0) is 17.7. The predicted molar refractivity (Wildman–Crippen MR) is 89.3 cm³/mol. The van der Waals surface area contributed by atoms with Gasteiger partial charge >= 0.3 is 0 Å². The zero-order valence-corrected chi connectivity index (χ0v) is 13.5. The average Bonchev–Trinajstić information content (AvgIpc) is 2.96. The molecule has 1 aliphatic rings. The van der Waals surface area contributed by atoms with E-state index in [1.165, 1.54) is 12.1 Å². The lowest BCUT2D eigenvalue weighted by Crippen LogP contribution is -1.98. The molecule has 4 heteroatoms. The molecule has 4 rings (SSSR count). The molecule has 0 amide bonds. The van der Waals surface area contributed by atoms with Gasteiger partial charge in [0.2, 0.25) is 0 Å². The normalized spacial score (nSPS) is 12.2. The van der Waals surface area contributed by atoms with Crippen LogP contribution in [0.4, 0.5) is 17.6 Å². The van der Waals surface area contributed by atoms with Crippen LogP contribution in [0.25, 0.3) is 22.3 Å². The number of fused-ring (bicyclic) bond motifs is 3. The summed E-state index contributed by atoms with van der Waals surface area (Å²) in [7, 11) is 0. The van der Waals surface area contributed by atoms with Crippen LogP contribution in [0.3, 0.4) is 0 Å². The van der Waals surface area contributed by atoms with Gasteiger partial charge in [-0.3, -0.25) is 0 Å². The van der Waals surface area contributed by atoms with Gasteiger partial charge < -0.3 is 0 Å². The van der Waals surface area contributed by atoms with Crippen LogP contribution >= 0.6 is 0 Å². The van der Waals surface area contributed by atoms with Crippen molar-refractivity contribution in [2.75, 3.05) is 0 Å². The first kappa shape index (κ1) is 15.9. The van der Waals surface area contributed by atoms with Gasteiger partial charge in [-0.2, -0.15) is 0 Å². The smallest absolute Gasteiger partial charge is 0.159 e. The number of hydrogen-bond acceptors (Lipinski definition) is 0. The second-order valence-electron chi connectivity index (χ2n) is 6.22. The van der Waals surface area contributed by atoms with E-state index in [9.17, 15) is 13.2 Å². The summed E-state index contributed by atoms with van der Waals surface area (Å²) >= 11 is 0. The zero-order valence-electron chi connectivity index (χ0n) is 13.5. The van der Waals surface area contributed by atoms with Crippen molar-refractivity contribution >= 4 is 0 Å². The van der Waals surface area contributed by atoms with Gasteiger partial charge in [0, 0.05) is 12.0 Å². The van der Waals surface area contributed by atoms with Gasteiger partial charge in [0.05, 0.1) is 5.56 Å². The molecule has 0 fully saturated rings. The minimum Gasteiger partial charge on any atom is -0.206 e. The second kappa shape index (κ2) is 5.73. The monoisotopic (exact) mass is 342 g/mol. The minimum absolute atomic E-state index is 0.0121. The van der Waals surface area contributed by atoms with E-state index in [2.05, 4.69) is 0 Å². The number of aryl methyl sites for hydroxylation is 1. The van der Waals surface area contributed by atoms with Gasteiger partial charge in [-0.1, -0.05) is 31.2 Å². The maximum atomic E-state index is 15.0. The molecular formula is C21H14F4. The van der Waals surface area contributed by atoms with Crippen molar-refractivity contribution in [2.45, 2.75) is 19.8 Å². The Bertz CT molecular complexity index is 1010. The summed E-state index contributed by atoms with van der Waals surface area (Å²) in [5.74, 6) is -3.68. The summed E-state index contributed by atoms with van der Waals surface area (Å²) in [6.45, 7) is 2.03. The molecule has 0 saturated heterocycles. The van der Waals surface area contributed by atoms with E-state index in [1.54, 1.807) is 0 Å². The van der Waals surface area contributed by atoms with Gasteiger partial charge in [-0.25, -0.2) is 17.6 Å². The highest BCUT2D eigenvalue weighted by Crippen LogP contribution is 2.42. The fourth-order valence-electron chi connectivity index (χ4n) is 3.46. The molecule has 0 nitrogen and oxygen atoms in total. The summed E-state index contributed by atoms with van der Waals surface area (Å²) < 4.78 is 56.3. The Kier molecular flexibility index (Phi) is 3.64. The van der Waals surface area contributed by atoms with Crippen molar-refractivity contribution < 1.29 is 17.6 Å². The molecule has 0 unspecified atom stereocenters. The Morgan fingerprint density at radius 3 is 2.32 bits per heavy atom. The molecule has 1 aliphatic carbocycles. The molecular weight excluding hydrogens is 328 g/mol. The topological polar surface area (TPSA) is 0 Å². The molecule has 25 heavy (non-hydrogen) atoms. The molecule has 0 heterocycles. The largest absolute Gasteiger partial charge is 0.206 e. The van der Waals surface area contributed by atoms with Crippen molar-refractivity contribution in [1.82, 2.24) is 0 Å². The Balaban J connectivity index is 1.89. The molecule has 0 radical (unpaired) electrons. The van der Waals surface area contributed by atoms with E-state index in [4.69, 9.17) is 0 Å². The Morgan fingerprint density at radius 2 is 1.60 bits per heavy atom. The van der Waals surface area contributed by atoms with Crippen LogP contribution in [0.2, 0.25) is 0 Å². The summed E-state index contributed by atoms with van der Waals surface area (Å²) in [6, 6.07) is 10.0. The average molecular weight is 342 g/mol. The van der Waals surface area contributed by atoms with Gasteiger partial charge in [0.1, 0.15) is 11.6 Å². The van der Waals surface area contributed by atoms with Crippen LogP contribution < -0.4 is 0 Å². The molecule has 0 saturated carbocycles. The lowest BCUT2D eigenvalue weighted by atomic mass is 9.97. The highest BCUT2D eigenvalue weighted by atomic mass is 19.2. The lowest BCUT2D eigenvalue weighted by Gasteiger charge is -2.11. The number of rotatable bonds is 2. The Morgan fingerprint density at radius 1 is 0.800 bits per heavy atom. The van der Waals surface area contributed by atoms with Gasteiger partial charge in [-0.05, 0) is 52.4 Å². The van der Waals surface area contributed by atoms with Crippen molar-refractivity contribution in [3.8, 4) is 22.3 Å². The van der Waals surface area contributed by atoms with Crippen LogP contribution in [-0.2, 0) is 12.8 Å². The van der Waals surface area contributed by atoms with E-state index in [-0.39, 0.29) is 11.1 Å². The number of benzene rings is 3. The molecule has 3 aromatic rings. The van der Waals surface area contributed by atoms with Crippen LogP contribution in [0.15, 0.2) is 42.5 Å². The van der Waals surface area contributed by atoms with Crippen LogP contribution in [0, 0.1) is 23.3 Å². The van der Waals surface area contributed by atoms with Crippen molar-refractivity contribution in [1.29, 1.82) is 0 Å². The molecule has 0 aromatic heterocycles. The lowest BCUT2D eigenvalue weighted by molar-refractivity contribution is 0.508. The molecule has 0 aliphatic heterocycles. The molecule has 0 atom stereocenters. The second-order valence-corrected chi connectivity index (χ2v) is 6.22. The first-order chi connectivity index (χ1) is 12.0. The van der Waals surface area contributed by atoms with Crippen LogP contribution in [-0.4, -0.2) is 0 Å². The number of halogens is 4. The summed E-state index contributed by atoms with van der Waals surface area (Å²) in [4.78, 5) is 0. The van der Waals surface area contributed by atoms with Crippen LogP contribution in [0.5, 0.6) is 0 Å².